The number of pyridine rings is 1. The molecule has 4 amide bonds. The van der Waals surface area contributed by atoms with Gasteiger partial charge in [-0.25, -0.2) is 19.5 Å². The van der Waals surface area contributed by atoms with Crippen LogP contribution in [0.5, 0.6) is 11.5 Å². The highest BCUT2D eigenvalue weighted by Crippen LogP contribution is 2.45. The van der Waals surface area contributed by atoms with Gasteiger partial charge >= 0.3 is 16.2 Å². The summed E-state index contributed by atoms with van der Waals surface area (Å²) in [5, 5.41) is 9.20. The van der Waals surface area contributed by atoms with E-state index in [1.54, 1.807) is 25.2 Å². The van der Waals surface area contributed by atoms with Crippen molar-refractivity contribution in [3.05, 3.63) is 46.4 Å². The summed E-state index contributed by atoms with van der Waals surface area (Å²) in [6.45, 7) is 5.18. The Hall–Kier alpha value is -4.03. The van der Waals surface area contributed by atoms with Crippen molar-refractivity contribution in [1.29, 1.82) is 0 Å². The molecule has 2 aliphatic heterocycles. The van der Waals surface area contributed by atoms with Crippen molar-refractivity contribution in [2.45, 2.75) is 63.5 Å². The summed E-state index contributed by atoms with van der Waals surface area (Å²) in [5.74, 6) is -0.838. The normalized spacial score (nSPS) is 23.6. The van der Waals surface area contributed by atoms with Crippen LogP contribution in [0.25, 0.3) is 21.6 Å². The highest BCUT2D eigenvalue weighted by molar-refractivity contribution is 7.87. The van der Waals surface area contributed by atoms with Crippen molar-refractivity contribution in [2.75, 3.05) is 53.6 Å². The minimum absolute atomic E-state index is 0.00742. The van der Waals surface area contributed by atoms with Gasteiger partial charge in [0.15, 0.2) is 0 Å². The van der Waals surface area contributed by atoms with Crippen molar-refractivity contribution < 1.29 is 37.0 Å². The molecule has 1 aliphatic carbocycles. The fraction of sp³-hybridized carbons (Fsp3) is 0.528. The Labute approximate surface area is 323 Å². The van der Waals surface area contributed by atoms with Gasteiger partial charge in [0.05, 0.1) is 38.1 Å². The van der Waals surface area contributed by atoms with Gasteiger partial charge in [0, 0.05) is 55.9 Å². The highest BCUT2D eigenvalue weighted by Gasteiger charge is 2.61. The van der Waals surface area contributed by atoms with Gasteiger partial charge in [-0.1, -0.05) is 37.6 Å². The Morgan fingerprint density at radius 2 is 1.94 bits per heavy atom. The first-order valence-electron chi connectivity index (χ1n) is 18.0. The van der Waals surface area contributed by atoms with Crippen LogP contribution in [0.15, 0.2) is 35.7 Å². The van der Waals surface area contributed by atoms with Crippen molar-refractivity contribution >= 4 is 61.9 Å². The molecule has 0 radical (unpaired) electrons. The Morgan fingerprint density at radius 1 is 1.17 bits per heavy atom. The summed E-state index contributed by atoms with van der Waals surface area (Å²) in [4.78, 5) is 52.3. The molecule has 2 aromatic heterocycles. The van der Waals surface area contributed by atoms with Crippen molar-refractivity contribution in [3.8, 4) is 22.2 Å². The number of benzene rings is 1. The third-order valence-corrected chi connectivity index (χ3v) is 12.5. The number of fused-ring (bicyclic) bond motifs is 2. The molecule has 0 bridgehead atoms. The number of nitrogens with one attached hydrogen (secondary N) is 3. The van der Waals surface area contributed by atoms with E-state index in [1.807, 2.05) is 17.5 Å². The Balaban J connectivity index is 1.26. The second-order valence-electron chi connectivity index (χ2n) is 13.9. The van der Waals surface area contributed by atoms with E-state index in [-0.39, 0.29) is 51.7 Å². The van der Waals surface area contributed by atoms with Crippen LogP contribution in [-0.4, -0.2) is 111 Å². The molecule has 1 saturated heterocycles. The molecule has 2 fully saturated rings. The van der Waals surface area contributed by atoms with E-state index in [1.165, 1.54) is 23.3 Å². The molecular weight excluding hydrogens is 758 g/mol. The van der Waals surface area contributed by atoms with Gasteiger partial charge in [-0.05, 0) is 43.7 Å². The molecule has 54 heavy (non-hydrogen) atoms. The van der Waals surface area contributed by atoms with E-state index >= 15 is 0 Å². The maximum absolute atomic E-state index is 14.1. The van der Waals surface area contributed by atoms with Gasteiger partial charge in [-0.2, -0.15) is 12.7 Å². The van der Waals surface area contributed by atoms with E-state index in [4.69, 9.17) is 35.8 Å². The smallest absolute Gasteiger partial charge is 0.317 e. The van der Waals surface area contributed by atoms with Gasteiger partial charge in [-0.15, -0.1) is 11.3 Å². The number of rotatable bonds is 10. The lowest BCUT2D eigenvalue weighted by Gasteiger charge is -2.28. The van der Waals surface area contributed by atoms with Gasteiger partial charge < -0.3 is 29.7 Å². The molecule has 292 valence electrons. The lowest BCUT2D eigenvalue weighted by Crippen LogP contribution is -2.59. The number of urea groups is 1. The number of amides is 4. The summed E-state index contributed by atoms with van der Waals surface area (Å²) >= 11 is 8.19. The molecular formula is C36H46ClN7O8S2. The maximum atomic E-state index is 14.1. The van der Waals surface area contributed by atoms with Crippen LogP contribution in [0.1, 0.15) is 57.6 Å². The zero-order chi connectivity index (χ0) is 38.6. The van der Waals surface area contributed by atoms with E-state index in [9.17, 15) is 22.8 Å². The minimum Gasteiger partial charge on any atom is -0.495 e. The summed E-state index contributed by atoms with van der Waals surface area (Å²) in [6.07, 6.45) is 6.22. The predicted octanol–water partition coefficient (Wildman–Crippen LogP) is 4.23. The highest BCUT2D eigenvalue weighted by atomic mass is 35.5. The lowest BCUT2D eigenvalue weighted by atomic mass is 10.1. The quantitative estimate of drug-likeness (QED) is 0.251. The molecule has 3 N–H and O–H groups in total. The van der Waals surface area contributed by atoms with Crippen molar-refractivity contribution in [3.63, 3.8) is 0 Å². The number of halogens is 1. The van der Waals surface area contributed by atoms with Gasteiger partial charge in [0.2, 0.25) is 5.91 Å². The minimum atomic E-state index is -4.19. The number of morpholine rings is 1. The molecule has 15 nitrogen and oxygen atoms in total. The first kappa shape index (κ1) is 39.7. The number of allylic oxidation sites excluding steroid dienone is 1. The van der Waals surface area contributed by atoms with Crippen LogP contribution in [0.3, 0.4) is 0 Å². The average molecular weight is 804 g/mol. The largest absolute Gasteiger partial charge is 0.495 e. The van der Waals surface area contributed by atoms with Crippen LogP contribution >= 0.6 is 22.9 Å². The lowest BCUT2D eigenvalue weighted by molar-refractivity contribution is -0.130. The van der Waals surface area contributed by atoms with Crippen LogP contribution < -0.4 is 24.8 Å². The first-order valence-corrected chi connectivity index (χ1v) is 20.7. The van der Waals surface area contributed by atoms with Crippen LogP contribution in [0, 0.1) is 5.92 Å². The van der Waals surface area contributed by atoms with Gasteiger partial charge in [0.25, 0.3) is 5.91 Å². The fourth-order valence-electron chi connectivity index (χ4n) is 6.40. The second-order valence-corrected chi connectivity index (χ2v) is 16.8. The zero-order valence-electron chi connectivity index (χ0n) is 30.7. The fourth-order valence-corrected chi connectivity index (χ4v) is 8.80. The average Bonchev–Trinajstić information content (AvgIpc) is 3.60. The Kier molecular flexibility index (Phi) is 12.3. The summed E-state index contributed by atoms with van der Waals surface area (Å²) < 4.78 is 46.7. The van der Waals surface area contributed by atoms with E-state index in [2.05, 4.69) is 29.2 Å². The van der Waals surface area contributed by atoms with Gasteiger partial charge in [-0.3, -0.25) is 9.59 Å². The number of carbonyl (C=O) groups is 3. The second kappa shape index (κ2) is 16.8. The standard InChI is InChI=1S/C36H46ClN7O8S2/c1-22(2)27-21-53-33(39-27)26-19-29(24-10-11-28(50-4)30(37)31(24)38-26)52-16-12-25-32(45)41-36(34(46)42-54(48,49)44-14-17-51-18-15-44)20-23(36)9-7-5-6-8-13-43(3)35(47)40-25/h7,9-11,19,21-23,25H,5-6,8,12-18,20H2,1-4H3,(H,40,47)(H,41,45)(H,42,46)/b9-7-/t23-,25+,36-/m1/s1. The summed E-state index contributed by atoms with van der Waals surface area (Å²) in [5.41, 5.74) is 0.392. The molecule has 6 rings (SSSR count). The molecule has 1 aromatic carbocycles. The third kappa shape index (κ3) is 8.75. The zero-order valence-corrected chi connectivity index (χ0v) is 33.1. The number of nitrogens with zero attached hydrogens (tertiary/aromatic N) is 4. The van der Waals surface area contributed by atoms with Crippen LogP contribution in [-0.2, 0) is 24.5 Å². The molecule has 3 atom stereocenters. The molecule has 4 heterocycles. The number of aromatic nitrogens is 2. The molecule has 0 unspecified atom stereocenters. The maximum Gasteiger partial charge on any atom is 0.317 e. The third-order valence-electron chi connectivity index (χ3n) is 9.80. The number of thiazole rings is 1. The molecule has 0 spiro atoms. The molecule has 18 heteroatoms. The van der Waals surface area contributed by atoms with E-state index < -0.39 is 45.6 Å². The van der Waals surface area contributed by atoms with E-state index in [0.717, 1.165) is 22.8 Å². The number of hydrogen-bond acceptors (Lipinski definition) is 11. The Morgan fingerprint density at radius 3 is 2.67 bits per heavy atom. The molecule has 3 aromatic rings. The van der Waals surface area contributed by atoms with Gasteiger partial charge in [0.1, 0.15) is 38.8 Å². The first-order chi connectivity index (χ1) is 25.8. The number of carbonyl (C=O) groups excluding carboxylic acids is 3. The van der Waals surface area contributed by atoms with Crippen LogP contribution in [0.2, 0.25) is 5.02 Å². The van der Waals surface area contributed by atoms with E-state index in [0.29, 0.717) is 51.1 Å². The molecule has 1 saturated carbocycles. The topological polar surface area (TPSA) is 181 Å². The number of hydrogen-bond donors (Lipinski definition) is 3. The number of ether oxygens (including phenoxy) is 3. The van der Waals surface area contributed by atoms with Crippen molar-refractivity contribution in [2.24, 2.45) is 5.92 Å². The monoisotopic (exact) mass is 803 g/mol. The predicted molar refractivity (Wildman–Crippen MR) is 205 cm³/mol. The summed E-state index contributed by atoms with van der Waals surface area (Å²) in [7, 11) is -1.03. The number of methoxy groups -OCH3 is 1. The van der Waals surface area contributed by atoms with Crippen molar-refractivity contribution in [1.82, 2.24) is 34.5 Å². The van der Waals surface area contributed by atoms with Crippen LogP contribution in [0.4, 0.5) is 4.79 Å². The SMILES string of the molecule is COc1ccc2c(OCC[C@@H]3NC(=O)N(C)CCCC/C=C\[C@@H]4C[C@@]4(C(=O)NS(=O)(=O)N4CCOCC4)NC3=O)cc(-c3nc(C(C)C)cs3)nc2c1Cl. The molecule has 3 aliphatic rings. The Bertz CT molecular complexity index is 2020. The summed E-state index contributed by atoms with van der Waals surface area (Å²) in [6, 6.07) is 3.65.